The number of rotatable bonds is 8. The van der Waals surface area contributed by atoms with E-state index in [0.717, 1.165) is 18.5 Å². The summed E-state index contributed by atoms with van der Waals surface area (Å²) in [6.07, 6.45) is 11.9. The van der Waals surface area contributed by atoms with Crippen LogP contribution in [0.3, 0.4) is 0 Å². The van der Waals surface area contributed by atoms with Crippen molar-refractivity contribution in [2.24, 2.45) is 7.05 Å². The van der Waals surface area contributed by atoms with Crippen LogP contribution in [0.15, 0.2) is 54.3 Å². The summed E-state index contributed by atoms with van der Waals surface area (Å²) in [6.45, 7) is 4.11. The number of nitrogens with zero attached hydrogens (tertiary/aromatic N) is 2. The number of ketones is 1. The molecule has 0 fully saturated rings. The van der Waals surface area contributed by atoms with Crippen molar-refractivity contribution in [2.45, 2.75) is 39.5 Å². The first-order valence-corrected chi connectivity index (χ1v) is 8.58. The number of benzene rings is 1. The van der Waals surface area contributed by atoms with E-state index in [0.29, 0.717) is 5.56 Å². The topological polar surface area (TPSA) is 34.9 Å². The van der Waals surface area contributed by atoms with E-state index in [-0.39, 0.29) is 5.78 Å². The molecule has 1 heterocycles. The van der Waals surface area contributed by atoms with Crippen LogP contribution in [0.4, 0.5) is 0 Å². The molecule has 1 aromatic heterocycles. The van der Waals surface area contributed by atoms with Crippen molar-refractivity contribution in [3.8, 4) is 0 Å². The van der Waals surface area contributed by atoms with Gasteiger partial charge < -0.3 is 0 Å². The maximum Gasteiger partial charge on any atom is 0.189 e. The highest BCUT2D eigenvalue weighted by Gasteiger charge is 2.09. The Bertz CT molecular complexity index is 724. The average molecular weight is 322 g/mol. The predicted molar refractivity (Wildman–Crippen MR) is 100.0 cm³/mol. The first kappa shape index (κ1) is 17.9. The zero-order valence-corrected chi connectivity index (χ0v) is 14.8. The van der Waals surface area contributed by atoms with Gasteiger partial charge in [0.2, 0.25) is 0 Å². The maximum absolute atomic E-state index is 12.4. The zero-order valence-electron chi connectivity index (χ0n) is 14.8. The summed E-state index contributed by atoms with van der Waals surface area (Å²) in [5.74, 6) is 0.00931. The summed E-state index contributed by atoms with van der Waals surface area (Å²) < 4.78 is 1.73. The van der Waals surface area contributed by atoms with Gasteiger partial charge in [0.25, 0.3) is 0 Å². The highest BCUT2D eigenvalue weighted by atomic mass is 16.1. The fraction of sp³-hybridized carbons (Fsp3) is 0.333. The van der Waals surface area contributed by atoms with Gasteiger partial charge in [-0.15, -0.1) is 0 Å². The number of aromatic nitrogens is 2. The molecule has 0 aliphatic carbocycles. The Morgan fingerprint density at radius 3 is 2.54 bits per heavy atom. The molecule has 3 nitrogen and oxygen atoms in total. The summed E-state index contributed by atoms with van der Waals surface area (Å²) >= 11 is 0. The quantitative estimate of drug-likeness (QED) is 0.292. The van der Waals surface area contributed by atoms with E-state index in [4.69, 9.17) is 0 Å². The lowest BCUT2D eigenvalue weighted by atomic mass is 10.0. The van der Waals surface area contributed by atoms with Gasteiger partial charge >= 0.3 is 0 Å². The SMILES string of the molecule is CCCCCC(=C/c1ccccc1)/C=C/C(=O)c1cnn(C)c1C. The summed E-state index contributed by atoms with van der Waals surface area (Å²) in [5, 5.41) is 4.14. The number of carbonyl (C=O) groups excluding carboxylic acids is 1. The zero-order chi connectivity index (χ0) is 17.4. The molecule has 0 saturated heterocycles. The summed E-state index contributed by atoms with van der Waals surface area (Å²) in [5.41, 5.74) is 3.91. The average Bonchev–Trinajstić information content (AvgIpc) is 2.93. The minimum atomic E-state index is 0.00931. The van der Waals surface area contributed by atoms with E-state index in [1.54, 1.807) is 17.0 Å². The Balaban J connectivity index is 2.16. The number of hydrogen-bond acceptors (Lipinski definition) is 2. The molecule has 0 spiro atoms. The first-order valence-electron chi connectivity index (χ1n) is 8.58. The minimum Gasteiger partial charge on any atom is -0.289 e. The third-order valence-corrected chi connectivity index (χ3v) is 4.17. The van der Waals surface area contributed by atoms with E-state index in [9.17, 15) is 4.79 Å². The molecule has 0 aliphatic rings. The molecule has 2 aromatic rings. The highest BCUT2D eigenvalue weighted by Crippen LogP contribution is 2.16. The summed E-state index contributed by atoms with van der Waals surface area (Å²) in [4.78, 5) is 12.4. The smallest absolute Gasteiger partial charge is 0.189 e. The minimum absolute atomic E-state index is 0.00931. The second kappa shape index (κ2) is 9.02. The second-order valence-corrected chi connectivity index (χ2v) is 6.05. The molecule has 0 saturated carbocycles. The molecule has 24 heavy (non-hydrogen) atoms. The second-order valence-electron chi connectivity index (χ2n) is 6.05. The van der Waals surface area contributed by atoms with Gasteiger partial charge in [-0.1, -0.05) is 62.2 Å². The van der Waals surface area contributed by atoms with Crippen molar-refractivity contribution < 1.29 is 4.79 Å². The van der Waals surface area contributed by atoms with Crippen LogP contribution in [-0.4, -0.2) is 15.6 Å². The first-order chi connectivity index (χ1) is 11.6. The van der Waals surface area contributed by atoms with Crippen LogP contribution in [0.2, 0.25) is 0 Å². The Hall–Kier alpha value is -2.42. The molecule has 0 unspecified atom stereocenters. The molecule has 0 radical (unpaired) electrons. The molecule has 0 N–H and O–H groups in total. The standard InChI is InChI=1S/C21H26N2O/c1-4-5-7-10-19(15-18-11-8-6-9-12-18)13-14-21(24)20-16-22-23(3)17(20)2/h6,8-9,11-16H,4-5,7,10H2,1-3H3/b14-13+,19-15-. The third kappa shape index (κ3) is 5.05. The Labute approximate surface area is 144 Å². The van der Waals surface area contributed by atoms with E-state index < -0.39 is 0 Å². The van der Waals surface area contributed by atoms with Crippen LogP contribution in [0.25, 0.3) is 6.08 Å². The molecule has 0 amide bonds. The van der Waals surface area contributed by atoms with E-state index in [1.165, 1.54) is 24.0 Å². The number of allylic oxidation sites excluding steroid dienone is 3. The molecular weight excluding hydrogens is 296 g/mol. The van der Waals surface area contributed by atoms with Crippen molar-refractivity contribution in [1.82, 2.24) is 9.78 Å². The van der Waals surface area contributed by atoms with Crippen molar-refractivity contribution in [3.05, 3.63) is 71.1 Å². The monoisotopic (exact) mass is 322 g/mol. The number of unbranched alkanes of at least 4 members (excludes halogenated alkanes) is 2. The lowest BCUT2D eigenvalue weighted by Crippen LogP contribution is -1.99. The molecule has 3 heteroatoms. The van der Waals surface area contributed by atoms with Gasteiger partial charge in [-0.3, -0.25) is 9.48 Å². The van der Waals surface area contributed by atoms with Crippen LogP contribution >= 0.6 is 0 Å². The van der Waals surface area contributed by atoms with Gasteiger partial charge in [-0.05, 0) is 37.0 Å². The molecule has 0 aliphatic heterocycles. The van der Waals surface area contributed by atoms with Crippen molar-refractivity contribution >= 4 is 11.9 Å². The molecule has 126 valence electrons. The van der Waals surface area contributed by atoms with Crippen molar-refractivity contribution in [2.75, 3.05) is 0 Å². The summed E-state index contributed by atoms with van der Waals surface area (Å²) in [7, 11) is 1.85. The number of aryl methyl sites for hydroxylation is 1. The Morgan fingerprint density at radius 1 is 1.17 bits per heavy atom. The van der Waals surface area contributed by atoms with E-state index in [2.05, 4.69) is 30.2 Å². The van der Waals surface area contributed by atoms with Gasteiger partial charge in [-0.2, -0.15) is 5.10 Å². The largest absolute Gasteiger partial charge is 0.289 e. The molecular formula is C21H26N2O. The lowest BCUT2D eigenvalue weighted by molar-refractivity contribution is 0.104. The third-order valence-electron chi connectivity index (χ3n) is 4.17. The molecule has 1 aromatic carbocycles. The molecule has 0 bridgehead atoms. The van der Waals surface area contributed by atoms with E-state index >= 15 is 0 Å². The summed E-state index contributed by atoms with van der Waals surface area (Å²) in [6, 6.07) is 10.2. The van der Waals surface area contributed by atoms with Gasteiger partial charge in [0, 0.05) is 12.7 Å². The van der Waals surface area contributed by atoms with Gasteiger partial charge in [0.1, 0.15) is 0 Å². The predicted octanol–water partition coefficient (Wildman–Crippen LogP) is 5.13. The van der Waals surface area contributed by atoms with Gasteiger partial charge in [0.15, 0.2) is 5.78 Å². The Kier molecular flexibility index (Phi) is 6.74. The van der Waals surface area contributed by atoms with Crippen LogP contribution < -0.4 is 0 Å². The highest BCUT2D eigenvalue weighted by molar-refractivity contribution is 6.05. The van der Waals surface area contributed by atoms with E-state index in [1.807, 2.05) is 38.2 Å². The van der Waals surface area contributed by atoms with Gasteiger partial charge in [0.05, 0.1) is 11.8 Å². The molecule has 2 rings (SSSR count). The number of hydrogen-bond donors (Lipinski definition) is 0. The normalized spacial score (nSPS) is 12.0. The molecule has 0 atom stereocenters. The maximum atomic E-state index is 12.4. The fourth-order valence-electron chi connectivity index (χ4n) is 2.56. The van der Waals surface area contributed by atoms with Crippen LogP contribution in [0.1, 0.15) is 54.2 Å². The van der Waals surface area contributed by atoms with Crippen LogP contribution in [0, 0.1) is 6.92 Å². The van der Waals surface area contributed by atoms with Crippen LogP contribution in [0.5, 0.6) is 0 Å². The number of carbonyl (C=O) groups is 1. The van der Waals surface area contributed by atoms with Crippen molar-refractivity contribution in [3.63, 3.8) is 0 Å². The lowest BCUT2D eigenvalue weighted by Gasteiger charge is -2.03. The van der Waals surface area contributed by atoms with Crippen LogP contribution in [-0.2, 0) is 7.05 Å². The fourth-order valence-corrected chi connectivity index (χ4v) is 2.56. The van der Waals surface area contributed by atoms with Gasteiger partial charge in [-0.25, -0.2) is 0 Å². The Morgan fingerprint density at radius 2 is 1.92 bits per heavy atom. The van der Waals surface area contributed by atoms with Crippen molar-refractivity contribution in [1.29, 1.82) is 0 Å².